The van der Waals surface area contributed by atoms with Gasteiger partial charge in [-0.15, -0.1) is 0 Å². The standard InChI is InChI=1S/C39H77NO9/c1-3-5-7-8-9-10-11-12-13-14-15-16-17-18-19-20-21-22-23-24-26-27-32(42)35(44)31(40-34(43)28-25-6-4-2)30-48-39-38(47)37(46)36(45)33(29-41)49-39/h31-33,35-39,41-42,44-47H,3-30H2,1-2H3,(H,40,43)/t31-,32+,33+,35-,36-,37-,38+,39-/m0/s1. The topological polar surface area (TPSA) is 169 Å². The SMILES string of the molecule is CCCCCCCCCCCCCCCCCCCCCCC[C@@H](O)[C@@H](O)[C@H](CO[C@H]1O[C@H](CO)[C@H](O)[C@H](O)[C@H]1O)NC(=O)CCCCC. The number of amides is 1. The molecule has 0 radical (unpaired) electrons. The van der Waals surface area contributed by atoms with Crippen molar-refractivity contribution in [2.24, 2.45) is 0 Å². The molecule has 1 amide bonds. The molecule has 0 unspecified atom stereocenters. The van der Waals surface area contributed by atoms with Crippen molar-refractivity contribution in [3.63, 3.8) is 0 Å². The largest absolute Gasteiger partial charge is 0.394 e. The molecule has 0 spiro atoms. The second-order valence-electron chi connectivity index (χ2n) is 14.6. The maximum absolute atomic E-state index is 12.6. The maximum atomic E-state index is 12.6. The van der Waals surface area contributed by atoms with Gasteiger partial charge in [0.05, 0.1) is 25.4 Å². The summed E-state index contributed by atoms with van der Waals surface area (Å²) >= 11 is 0. The van der Waals surface area contributed by atoms with Crippen LogP contribution >= 0.6 is 0 Å². The summed E-state index contributed by atoms with van der Waals surface area (Å²) in [6.07, 6.45) is 20.8. The lowest BCUT2D eigenvalue weighted by Gasteiger charge is -2.40. The Morgan fingerprint density at radius 3 is 1.51 bits per heavy atom. The van der Waals surface area contributed by atoms with Crippen LogP contribution in [0.5, 0.6) is 0 Å². The minimum Gasteiger partial charge on any atom is -0.394 e. The van der Waals surface area contributed by atoms with E-state index >= 15 is 0 Å². The second-order valence-corrected chi connectivity index (χ2v) is 14.6. The Morgan fingerprint density at radius 1 is 0.633 bits per heavy atom. The molecular formula is C39H77NO9. The molecule has 1 aliphatic heterocycles. The van der Waals surface area contributed by atoms with Gasteiger partial charge in [-0.3, -0.25) is 4.79 Å². The van der Waals surface area contributed by atoms with Gasteiger partial charge in [-0.1, -0.05) is 162 Å². The van der Waals surface area contributed by atoms with Crippen molar-refractivity contribution in [2.75, 3.05) is 13.2 Å². The first-order chi connectivity index (χ1) is 23.8. The first kappa shape index (κ1) is 46.2. The summed E-state index contributed by atoms with van der Waals surface area (Å²) in [5.41, 5.74) is 0. The molecule has 8 atom stereocenters. The Balaban J connectivity index is 2.21. The number of ether oxygens (including phenoxy) is 2. The van der Waals surface area contributed by atoms with E-state index in [1.54, 1.807) is 0 Å². The Bertz CT molecular complexity index is 758. The fourth-order valence-corrected chi connectivity index (χ4v) is 6.67. The highest BCUT2D eigenvalue weighted by Gasteiger charge is 2.44. The Kier molecular flexibility index (Phi) is 29.0. The van der Waals surface area contributed by atoms with Crippen molar-refractivity contribution in [3.8, 4) is 0 Å². The van der Waals surface area contributed by atoms with E-state index in [0.717, 1.165) is 32.1 Å². The lowest BCUT2D eigenvalue weighted by molar-refractivity contribution is -0.303. The molecule has 1 rings (SSSR count). The Labute approximate surface area is 298 Å². The quantitative estimate of drug-likeness (QED) is 0.0394. The third kappa shape index (κ3) is 22.0. The van der Waals surface area contributed by atoms with Crippen LogP contribution in [0.25, 0.3) is 0 Å². The molecule has 10 nitrogen and oxygen atoms in total. The van der Waals surface area contributed by atoms with Crippen molar-refractivity contribution >= 4 is 5.91 Å². The Hall–Kier alpha value is -0.850. The van der Waals surface area contributed by atoms with Gasteiger partial charge in [0.2, 0.25) is 5.91 Å². The number of aliphatic hydroxyl groups is 6. The molecule has 292 valence electrons. The molecule has 0 bridgehead atoms. The molecule has 10 heteroatoms. The number of hydrogen-bond acceptors (Lipinski definition) is 9. The molecular weight excluding hydrogens is 626 g/mol. The van der Waals surface area contributed by atoms with Crippen molar-refractivity contribution in [3.05, 3.63) is 0 Å². The minimum atomic E-state index is -1.60. The maximum Gasteiger partial charge on any atom is 0.220 e. The number of carbonyl (C=O) groups excluding carboxylic acids is 1. The lowest BCUT2D eigenvalue weighted by Crippen LogP contribution is -2.60. The van der Waals surface area contributed by atoms with Crippen LogP contribution in [0.15, 0.2) is 0 Å². The summed E-state index contributed by atoms with van der Waals surface area (Å²) in [5, 5.41) is 64.3. The van der Waals surface area contributed by atoms with E-state index in [2.05, 4.69) is 12.2 Å². The smallest absolute Gasteiger partial charge is 0.220 e. The summed E-state index contributed by atoms with van der Waals surface area (Å²) in [7, 11) is 0. The van der Waals surface area contributed by atoms with E-state index in [1.807, 2.05) is 6.92 Å². The minimum absolute atomic E-state index is 0.270. The number of rotatable bonds is 33. The molecule has 0 saturated carbocycles. The van der Waals surface area contributed by atoms with Gasteiger partial charge >= 0.3 is 0 Å². The second kappa shape index (κ2) is 30.7. The van der Waals surface area contributed by atoms with E-state index in [9.17, 15) is 35.4 Å². The van der Waals surface area contributed by atoms with Gasteiger partial charge in [0.25, 0.3) is 0 Å². The lowest BCUT2D eigenvalue weighted by atomic mass is 9.98. The average molecular weight is 704 g/mol. The van der Waals surface area contributed by atoms with Gasteiger partial charge in [-0.2, -0.15) is 0 Å². The van der Waals surface area contributed by atoms with E-state index in [1.165, 1.54) is 116 Å². The summed E-state index contributed by atoms with van der Waals surface area (Å²) in [4.78, 5) is 12.6. The molecule has 1 saturated heterocycles. The number of nitrogens with one attached hydrogen (secondary N) is 1. The van der Waals surface area contributed by atoms with E-state index < -0.39 is 55.6 Å². The predicted octanol–water partition coefficient (Wildman–Crippen LogP) is 6.19. The van der Waals surface area contributed by atoms with Crippen LogP contribution in [-0.4, -0.2) is 98.7 Å². The zero-order valence-electron chi connectivity index (χ0n) is 31.3. The molecule has 1 fully saturated rings. The predicted molar refractivity (Wildman–Crippen MR) is 195 cm³/mol. The highest BCUT2D eigenvalue weighted by Crippen LogP contribution is 2.23. The summed E-state index contributed by atoms with van der Waals surface area (Å²) in [6, 6.07) is -0.980. The van der Waals surface area contributed by atoms with Gasteiger partial charge in [-0.05, 0) is 12.8 Å². The molecule has 0 aromatic carbocycles. The zero-order valence-corrected chi connectivity index (χ0v) is 31.3. The van der Waals surface area contributed by atoms with Crippen LogP contribution in [0.3, 0.4) is 0 Å². The Morgan fingerprint density at radius 2 is 1.06 bits per heavy atom. The van der Waals surface area contributed by atoms with Crippen molar-refractivity contribution in [2.45, 2.75) is 230 Å². The monoisotopic (exact) mass is 704 g/mol. The summed E-state index contributed by atoms with van der Waals surface area (Å²) < 4.78 is 11.0. The summed E-state index contributed by atoms with van der Waals surface area (Å²) in [5.74, 6) is -0.281. The highest BCUT2D eigenvalue weighted by molar-refractivity contribution is 5.76. The number of aliphatic hydroxyl groups excluding tert-OH is 6. The van der Waals surface area contributed by atoms with Crippen molar-refractivity contribution < 1.29 is 44.9 Å². The average Bonchev–Trinajstić information content (AvgIpc) is 3.10. The van der Waals surface area contributed by atoms with Gasteiger partial charge in [-0.25, -0.2) is 0 Å². The van der Waals surface area contributed by atoms with Gasteiger partial charge in [0.15, 0.2) is 6.29 Å². The molecule has 7 N–H and O–H groups in total. The highest BCUT2D eigenvalue weighted by atomic mass is 16.7. The molecule has 1 heterocycles. The van der Waals surface area contributed by atoms with Crippen molar-refractivity contribution in [1.29, 1.82) is 0 Å². The van der Waals surface area contributed by atoms with Crippen LogP contribution in [-0.2, 0) is 14.3 Å². The van der Waals surface area contributed by atoms with Crippen LogP contribution in [0, 0.1) is 0 Å². The molecule has 0 aromatic rings. The first-order valence-electron chi connectivity index (χ1n) is 20.3. The summed E-state index contributed by atoms with van der Waals surface area (Å²) in [6.45, 7) is 3.41. The van der Waals surface area contributed by atoms with Crippen molar-refractivity contribution in [1.82, 2.24) is 5.32 Å². The fourth-order valence-electron chi connectivity index (χ4n) is 6.67. The van der Waals surface area contributed by atoms with Crippen LogP contribution in [0.1, 0.15) is 181 Å². The normalized spacial score (nSPS) is 23.0. The van der Waals surface area contributed by atoms with E-state index in [-0.39, 0.29) is 18.9 Å². The van der Waals surface area contributed by atoms with E-state index in [0.29, 0.717) is 12.8 Å². The third-order valence-corrected chi connectivity index (χ3v) is 10.1. The number of carbonyl (C=O) groups is 1. The molecule has 0 aromatic heterocycles. The third-order valence-electron chi connectivity index (χ3n) is 10.1. The van der Waals surface area contributed by atoms with Crippen LogP contribution in [0.2, 0.25) is 0 Å². The molecule has 0 aliphatic carbocycles. The van der Waals surface area contributed by atoms with Crippen LogP contribution in [0.4, 0.5) is 0 Å². The van der Waals surface area contributed by atoms with Gasteiger partial charge in [0.1, 0.15) is 30.5 Å². The van der Waals surface area contributed by atoms with Gasteiger partial charge < -0.3 is 45.4 Å². The van der Waals surface area contributed by atoms with Gasteiger partial charge in [0, 0.05) is 6.42 Å². The number of hydrogen-bond donors (Lipinski definition) is 7. The fraction of sp³-hybridized carbons (Fsp3) is 0.974. The molecule has 1 aliphatic rings. The number of unbranched alkanes of at least 4 members (excludes halogenated alkanes) is 22. The van der Waals surface area contributed by atoms with E-state index in [4.69, 9.17) is 9.47 Å². The van der Waals surface area contributed by atoms with Crippen LogP contribution < -0.4 is 5.32 Å². The first-order valence-corrected chi connectivity index (χ1v) is 20.3. The molecule has 49 heavy (non-hydrogen) atoms. The zero-order chi connectivity index (χ0) is 36.1.